The number of nitrogens with zero attached hydrogens (tertiary/aromatic N) is 3. The summed E-state index contributed by atoms with van der Waals surface area (Å²) >= 11 is 1.35. The summed E-state index contributed by atoms with van der Waals surface area (Å²) < 4.78 is 0. The topological polar surface area (TPSA) is 119 Å². The Balaban J connectivity index is 1.21. The average molecular weight is 605 g/mol. The summed E-state index contributed by atoms with van der Waals surface area (Å²) in [5.41, 5.74) is 4.92. The molecule has 0 spiro atoms. The molecule has 2 fully saturated rings. The first kappa shape index (κ1) is 30.1. The molecule has 1 aromatic carbocycles. The number of aromatic nitrogens is 2. The number of hydrogen-bond acceptors (Lipinski definition) is 8. The van der Waals surface area contributed by atoms with Gasteiger partial charge in [-0.25, -0.2) is 9.97 Å². The maximum atomic E-state index is 13.7. The van der Waals surface area contributed by atoms with Crippen molar-refractivity contribution in [3.63, 3.8) is 0 Å². The fourth-order valence-corrected chi connectivity index (χ4v) is 7.25. The lowest BCUT2D eigenvalue weighted by molar-refractivity contribution is 0.0795. The molecule has 3 aliphatic rings. The molecule has 4 N–H and O–H groups in total. The van der Waals surface area contributed by atoms with Gasteiger partial charge >= 0.3 is 0 Å². The summed E-state index contributed by atoms with van der Waals surface area (Å²) in [6.07, 6.45) is 5.08. The fraction of sp³-hybridized carbons (Fsp3) is 0.576. The molecule has 6 rings (SSSR count). The lowest BCUT2D eigenvalue weighted by atomic mass is 9.71. The number of piperidine rings is 1. The van der Waals surface area contributed by atoms with Crippen LogP contribution < -0.4 is 16.0 Å². The summed E-state index contributed by atoms with van der Waals surface area (Å²) in [6, 6.07) is 9.58. The minimum atomic E-state index is -0.293. The zero-order chi connectivity index (χ0) is 30.1. The van der Waals surface area contributed by atoms with Crippen molar-refractivity contribution in [3.05, 3.63) is 57.7 Å². The fourth-order valence-electron chi connectivity index (χ4n) is 6.40. The predicted octanol–water partition coefficient (Wildman–Crippen LogP) is 3.86. The molecular formula is C33H44N6O3S. The smallest absolute Gasteiger partial charge is 0.280 e. The molecule has 2 amide bonds. The van der Waals surface area contributed by atoms with Gasteiger partial charge in [-0.15, -0.1) is 0 Å². The number of pyridine rings is 1. The lowest BCUT2D eigenvalue weighted by Gasteiger charge is -2.34. The molecule has 10 heteroatoms. The van der Waals surface area contributed by atoms with Crippen LogP contribution in [0.5, 0.6) is 0 Å². The number of thiazole rings is 1. The molecule has 1 aliphatic carbocycles. The Hall–Kier alpha value is -2.92. The first-order valence-corrected chi connectivity index (χ1v) is 16.6. The second kappa shape index (κ2) is 12.6. The lowest BCUT2D eigenvalue weighted by Crippen LogP contribution is -2.56. The van der Waals surface area contributed by atoms with Gasteiger partial charge in [0.2, 0.25) is 0 Å². The van der Waals surface area contributed by atoms with Gasteiger partial charge < -0.3 is 26.0 Å². The van der Waals surface area contributed by atoms with E-state index in [1.165, 1.54) is 16.9 Å². The normalized spacial score (nSPS) is 20.8. The Morgan fingerprint density at radius 3 is 2.63 bits per heavy atom. The van der Waals surface area contributed by atoms with E-state index in [0.29, 0.717) is 22.9 Å². The largest absolute Gasteiger partial charge is 0.393 e. The van der Waals surface area contributed by atoms with Gasteiger partial charge in [-0.3, -0.25) is 9.59 Å². The number of hydrogen-bond donors (Lipinski definition) is 4. The number of benzene rings is 1. The van der Waals surface area contributed by atoms with E-state index in [9.17, 15) is 14.7 Å². The highest BCUT2D eigenvalue weighted by Gasteiger charge is 2.30. The summed E-state index contributed by atoms with van der Waals surface area (Å²) in [6.45, 7) is 10.9. The number of nitrogens with one attached hydrogen (secondary N) is 3. The van der Waals surface area contributed by atoms with Crippen molar-refractivity contribution < 1.29 is 14.7 Å². The van der Waals surface area contributed by atoms with Gasteiger partial charge in [-0.2, -0.15) is 0 Å². The third-order valence-electron chi connectivity index (χ3n) is 9.43. The molecule has 1 unspecified atom stereocenters. The third-order valence-corrected chi connectivity index (χ3v) is 10.4. The van der Waals surface area contributed by atoms with Crippen molar-refractivity contribution in [2.75, 3.05) is 32.7 Å². The second-order valence-corrected chi connectivity index (χ2v) is 14.6. The van der Waals surface area contributed by atoms with Crippen LogP contribution in [-0.4, -0.2) is 76.7 Å². The van der Waals surface area contributed by atoms with Gasteiger partial charge in [-0.1, -0.05) is 44.2 Å². The van der Waals surface area contributed by atoms with Crippen LogP contribution in [0, 0.1) is 11.3 Å². The monoisotopic (exact) mass is 604 g/mol. The van der Waals surface area contributed by atoms with E-state index < -0.39 is 0 Å². The third kappa shape index (κ3) is 7.09. The van der Waals surface area contributed by atoms with Crippen LogP contribution in [0.25, 0.3) is 10.3 Å². The molecular weight excluding hydrogens is 560 g/mol. The maximum absolute atomic E-state index is 13.7. The van der Waals surface area contributed by atoms with Crippen molar-refractivity contribution in [2.45, 2.75) is 77.5 Å². The summed E-state index contributed by atoms with van der Waals surface area (Å²) in [5.74, 6) is 0.286. The molecule has 0 saturated carbocycles. The Kier molecular flexibility index (Phi) is 8.82. The number of aryl methyl sites for hydroxylation is 1. The van der Waals surface area contributed by atoms with Gasteiger partial charge in [0, 0.05) is 44.0 Å². The van der Waals surface area contributed by atoms with Crippen molar-refractivity contribution >= 4 is 33.5 Å². The molecule has 3 aromatic rings. The number of likely N-dealkylation sites (tertiary alicyclic amines) is 1. The Morgan fingerprint density at radius 2 is 1.91 bits per heavy atom. The highest BCUT2D eigenvalue weighted by molar-refractivity contribution is 7.19. The van der Waals surface area contributed by atoms with Gasteiger partial charge in [0.05, 0.1) is 18.2 Å². The van der Waals surface area contributed by atoms with Crippen LogP contribution in [0.2, 0.25) is 0 Å². The minimum absolute atomic E-state index is 0.0987. The molecule has 0 radical (unpaired) electrons. The predicted molar refractivity (Wildman–Crippen MR) is 169 cm³/mol. The highest BCUT2D eigenvalue weighted by Crippen LogP contribution is 2.38. The number of carbonyl (C=O) groups excluding carboxylic acids is 2. The van der Waals surface area contributed by atoms with Crippen LogP contribution in [0.3, 0.4) is 0 Å². The minimum Gasteiger partial charge on any atom is -0.393 e. The first-order chi connectivity index (χ1) is 20.6. The van der Waals surface area contributed by atoms with E-state index in [1.807, 2.05) is 24.3 Å². The Morgan fingerprint density at radius 1 is 1.12 bits per heavy atom. The SMILES string of the molecule is CC(C)(C)[C@H]1CCc2nc3sc(C(=O)NC(CCN4CCC(O)CC4)c4cccc(C(=O)NC5CNC5)c4)nc3cc2C1. The van der Waals surface area contributed by atoms with E-state index >= 15 is 0 Å². The van der Waals surface area contributed by atoms with Crippen LogP contribution in [-0.2, 0) is 12.8 Å². The average Bonchev–Trinajstić information content (AvgIpc) is 3.39. The quantitative estimate of drug-likeness (QED) is 0.308. The number of amides is 2. The van der Waals surface area contributed by atoms with Gasteiger partial charge in [0.15, 0.2) is 5.01 Å². The van der Waals surface area contributed by atoms with Crippen LogP contribution in [0.1, 0.15) is 89.5 Å². The molecule has 43 heavy (non-hydrogen) atoms. The van der Waals surface area contributed by atoms with E-state index in [-0.39, 0.29) is 35.4 Å². The zero-order valence-corrected chi connectivity index (χ0v) is 26.3. The zero-order valence-electron chi connectivity index (χ0n) is 25.5. The maximum Gasteiger partial charge on any atom is 0.280 e. The van der Waals surface area contributed by atoms with Crippen LogP contribution >= 0.6 is 11.3 Å². The highest BCUT2D eigenvalue weighted by atomic mass is 32.1. The Bertz CT molecular complexity index is 1470. The van der Waals surface area contributed by atoms with Crippen molar-refractivity contribution in [1.29, 1.82) is 0 Å². The van der Waals surface area contributed by atoms with Gasteiger partial charge in [-0.05, 0) is 79.2 Å². The first-order valence-electron chi connectivity index (χ1n) is 15.7. The van der Waals surface area contributed by atoms with Crippen LogP contribution in [0.15, 0.2) is 30.3 Å². The number of aliphatic hydroxyl groups is 1. The van der Waals surface area contributed by atoms with Crippen molar-refractivity contribution in [3.8, 4) is 0 Å². The summed E-state index contributed by atoms with van der Waals surface area (Å²) in [7, 11) is 0. The second-order valence-electron chi connectivity index (χ2n) is 13.6. The number of rotatable bonds is 8. The molecule has 0 bridgehead atoms. The van der Waals surface area contributed by atoms with E-state index in [1.54, 1.807) is 0 Å². The van der Waals surface area contributed by atoms with Gasteiger partial charge in [0.1, 0.15) is 10.3 Å². The molecule has 2 aromatic heterocycles. The molecule has 9 nitrogen and oxygen atoms in total. The standard InChI is InChI=1S/C33H44N6O3S/c1-33(2,3)23-7-8-26-22(16-23)17-28-31(37-26)43-32(38-28)30(42)36-27(11-14-39-12-9-25(40)10-13-39)20-5-4-6-21(15-20)29(41)35-24-18-34-19-24/h4-6,15,17,23-25,27,34,40H,7-14,16,18-19H2,1-3H3,(H,35,41)(H,36,42)/t23-,27?/m0/s1. The van der Waals surface area contributed by atoms with Gasteiger partial charge in [0.25, 0.3) is 11.8 Å². The summed E-state index contributed by atoms with van der Waals surface area (Å²) in [4.78, 5) is 39.4. The van der Waals surface area contributed by atoms with E-state index in [4.69, 9.17) is 9.97 Å². The molecule has 2 saturated heterocycles. The number of carbonyl (C=O) groups is 2. The molecule has 2 atom stereocenters. The number of aliphatic hydroxyl groups excluding tert-OH is 1. The van der Waals surface area contributed by atoms with Crippen LogP contribution in [0.4, 0.5) is 0 Å². The molecule has 230 valence electrons. The van der Waals surface area contributed by atoms with Crippen molar-refractivity contribution in [2.24, 2.45) is 11.3 Å². The Labute approximate surface area is 257 Å². The van der Waals surface area contributed by atoms with Crippen molar-refractivity contribution in [1.82, 2.24) is 30.8 Å². The molecule has 4 heterocycles. The van der Waals surface area contributed by atoms with E-state index in [0.717, 1.165) is 86.4 Å². The summed E-state index contributed by atoms with van der Waals surface area (Å²) in [5, 5.41) is 19.8. The molecule has 2 aliphatic heterocycles. The number of fused-ring (bicyclic) bond motifs is 2. The van der Waals surface area contributed by atoms with E-state index in [2.05, 4.69) is 47.7 Å².